The molecule has 3 rings (SSSR count). The number of nitrogens with zero attached hydrogens (tertiary/aromatic N) is 2. The van der Waals surface area contributed by atoms with Gasteiger partial charge < -0.3 is 10.4 Å². The molecule has 0 saturated heterocycles. The Balaban J connectivity index is 1.80. The van der Waals surface area contributed by atoms with Crippen molar-refractivity contribution in [1.82, 2.24) is 9.78 Å². The third-order valence-electron chi connectivity index (χ3n) is 3.26. The molecule has 0 aliphatic rings. The largest absolute Gasteiger partial charge is 0.394 e. The third-order valence-corrected chi connectivity index (χ3v) is 4.15. The molecule has 0 amide bonds. The van der Waals surface area contributed by atoms with Gasteiger partial charge in [0.05, 0.1) is 18.0 Å². The lowest BCUT2D eigenvalue weighted by atomic mass is 10.2. The Bertz CT molecular complexity index is 766. The van der Waals surface area contributed by atoms with Crippen molar-refractivity contribution in [2.75, 3.05) is 11.9 Å². The van der Waals surface area contributed by atoms with Crippen LogP contribution in [0, 0.1) is 11.6 Å². The van der Waals surface area contributed by atoms with Crippen molar-refractivity contribution >= 4 is 17.2 Å². The molecule has 0 radical (unpaired) electrons. The van der Waals surface area contributed by atoms with Gasteiger partial charge in [0.15, 0.2) is 0 Å². The Morgan fingerprint density at radius 3 is 2.61 bits per heavy atom. The number of thiophene rings is 1. The molecule has 3 aromatic rings. The average molecular weight is 335 g/mol. The predicted molar refractivity (Wildman–Crippen MR) is 86.3 cm³/mol. The first kappa shape index (κ1) is 15.6. The van der Waals surface area contributed by atoms with Gasteiger partial charge in [0.2, 0.25) is 0 Å². The van der Waals surface area contributed by atoms with E-state index in [0.29, 0.717) is 17.9 Å². The molecule has 1 aromatic carbocycles. The Hall–Kier alpha value is -2.25. The van der Waals surface area contributed by atoms with Crippen LogP contribution in [0.4, 0.5) is 14.6 Å². The van der Waals surface area contributed by atoms with Crippen molar-refractivity contribution in [3.8, 4) is 10.6 Å². The summed E-state index contributed by atoms with van der Waals surface area (Å²) in [6.07, 6.45) is 0. The Morgan fingerprint density at radius 2 is 1.96 bits per heavy atom. The molecule has 0 aliphatic carbocycles. The first-order valence-corrected chi connectivity index (χ1v) is 7.95. The lowest BCUT2D eigenvalue weighted by molar-refractivity contribution is 0.270. The molecular weight excluding hydrogens is 320 g/mol. The zero-order chi connectivity index (χ0) is 16.2. The number of hydrogen-bond donors (Lipinski definition) is 2. The van der Waals surface area contributed by atoms with E-state index < -0.39 is 11.6 Å². The van der Waals surface area contributed by atoms with Crippen molar-refractivity contribution in [3.63, 3.8) is 0 Å². The van der Waals surface area contributed by atoms with Crippen molar-refractivity contribution < 1.29 is 13.9 Å². The maximum Gasteiger partial charge on any atom is 0.126 e. The second-order valence-electron chi connectivity index (χ2n) is 4.97. The first-order valence-electron chi connectivity index (χ1n) is 7.07. The molecule has 7 heteroatoms. The molecule has 0 saturated carbocycles. The van der Waals surface area contributed by atoms with Gasteiger partial charge in [-0.2, -0.15) is 5.10 Å². The van der Waals surface area contributed by atoms with Crippen molar-refractivity contribution in [1.29, 1.82) is 0 Å². The molecule has 23 heavy (non-hydrogen) atoms. The van der Waals surface area contributed by atoms with E-state index >= 15 is 0 Å². The van der Waals surface area contributed by atoms with Gasteiger partial charge in [0, 0.05) is 18.7 Å². The zero-order valence-electron chi connectivity index (χ0n) is 12.2. The molecule has 0 unspecified atom stereocenters. The van der Waals surface area contributed by atoms with E-state index in [2.05, 4.69) is 10.4 Å². The fraction of sp³-hybridized carbons (Fsp3) is 0.188. The Kier molecular flexibility index (Phi) is 4.68. The lowest BCUT2D eigenvalue weighted by Crippen LogP contribution is -2.10. The summed E-state index contributed by atoms with van der Waals surface area (Å²) >= 11 is 1.57. The molecule has 0 aliphatic heterocycles. The monoisotopic (exact) mass is 335 g/mol. The maximum absolute atomic E-state index is 13.2. The Morgan fingerprint density at radius 1 is 1.17 bits per heavy atom. The zero-order valence-corrected chi connectivity index (χ0v) is 13.0. The third kappa shape index (κ3) is 3.75. The van der Waals surface area contributed by atoms with Crippen molar-refractivity contribution in [2.24, 2.45) is 0 Å². The summed E-state index contributed by atoms with van der Waals surface area (Å²) in [5.74, 6) is -0.526. The van der Waals surface area contributed by atoms with Crippen LogP contribution in [-0.4, -0.2) is 21.5 Å². The van der Waals surface area contributed by atoms with Crippen molar-refractivity contribution in [3.05, 3.63) is 59.0 Å². The minimum atomic E-state index is -0.607. The molecule has 2 heterocycles. The minimum absolute atomic E-state index is 0.0468. The normalized spacial score (nSPS) is 10.9. The molecule has 0 spiro atoms. The van der Waals surface area contributed by atoms with Crippen LogP contribution < -0.4 is 5.32 Å². The summed E-state index contributed by atoms with van der Waals surface area (Å²) < 4.78 is 28.1. The van der Waals surface area contributed by atoms with E-state index in [4.69, 9.17) is 5.11 Å². The van der Waals surface area contributed by atoms with Crippen LogP contribution in [-0.2, 0) is 13.1 Å². The maximum atomic E-state index is 13.2. The van der Waals surface area contributed by atoms with E-state index in [-0.39, 0.29) is 13.2 Å². The van der Waals surface area contributed by atoms with E-state index in [9.17, 15) is 8.78 Å². The molecule has 120 valence electrons. The molecule has 0 bridgehead atoms. The summed E-state index contributed by atoms with van der Waals surface area (Å²) in [4.78, 5) is 1.02. The van der Waals surface area contributed by atoms with Crippen LogP contribution in [0.2, 0.25) is 0 Å². The predicted octanol–water partition coefficient (Wildman–Crippen LogP) is 3.49. The van der Waals surface area contributed by atoms with E-state index in [1.165, 1.54) is 12.1 Å². The summed E-state index contributed by atoms with van der Waals surface area (Å²) in [5, 5.41) is 18.7. The number of anilines is 1. The Labute approximate surface area is 136 Å². The highest BCUT2D eigenvalue weighted by atomic mass is 32.1. The van der Waals surface area contributed by atoms with Gasteiger partial charge in [-0.05, 0) is 29.1 Å². The van der Waals surface area contributed by atoms with Crippen LogP contribution in [0.1, 0.15) is 5.56 Å². The van der Waals surface area contributed by atoms with Gasteiger partial charge in [0.1, 0.15) is 23.1 Å². The van der Waals surface area contributed by atoms with Gasteiger partial charge in [-0.3, -0.25) is 0 Å². The van der Waals surface area contributed by atoms with E-state index in [1.807, 2.05) is 23.6 Å². The van der Waals surface area contributed by atoms with Crippen LogP contribution >= 0.6 is 11.3 Å². The molecule has 2 N–H and O–H groups in total. The smallest absolute Gasteiger partial charge is 0.126 e. The number of nitrogens with one attached hydrogen (secondary N) is 1. The van der Waals surface area contributed by atoms with E-state index in [0.717, 1.165) is 16.6 Å². The summed E-state index contributed by atoms with van der Waals surface area (Å²) in [7, 11) is 0. The molecule has 2 aromatic heterocycles. The fourth-order valence-corrected chi connectivity index (χ4v) is 2.96. The minimum Gasteiger partial charge on any atom is -0.394 e. The van der Waals surface area contributed by atoms with Gasteiger partial charge >= 0.3 is 0 Å². The van der Waals surface area contributed by atoms with Crippen LogP contribution in [0.25, 0.3) is 10.6 Å². The molecule has 4 nitrogen and oxygen atoms in total. The summed E-state index contributed by atoms with van der Waals surface area (Å²) in [6.45, 7) is 0.551. The highest BCUT2D eigenvalue weighted by Gasteiger charge is 2.10. The average Bonchev–Trinajstić information content (AvgIpc) is 3.14. The number of benzene rings is 1. The second-order valence-corrected chi connectivity index (χ2v) is 5.92. The number of aliphatic hydroxyl groups excluding tert-OH is 1. The number of aliphatic hydroxyl groups is 1. The van der Waals surface area contributed by atoms with Gasteiger partial charge in [-0.1, -0.05) is 6.07 Å². The number of rotatable bonds is 6. The van der Waals surface area contributed by atoms with Crippen LogP contribution in [0.5, 0.6) is 0 Å². The van der Waals surface area contributed by atoms with E-state index in [1.54, 1.807) is 16.0 Å². The number of halogens is 2. The SMILES string of the molecule is OCCn1nc(-c2cccs2)cc1NCc1cc(F)cc(F)c1. The summed E-state index contributed by atoms with van der Waals surface area (Å²) in [6, 6.07) is 9.16. The highest BCUT2D eigenvalue weighted by Crippen LogP contribution is 2.26. The highest BCUT2D eigenvalue weighted by molar-refractivity contribution is 7.13. The van der Waals surface area contributed by atoms with Crippen molar-refractivity contribution in [2.45, 2.75) is 13.1 Å². The molecular formula is C16H15F2N3OS. The second kappa shape index (κ2) is 6.89. The number of hydrogen-bond acceptors (Lipinski definition) is 4. The quantitative estimate of drug-likeness (QED) is 0.725. The van der Waals surface area contributed by atoms with Gasteiger partial charge in [-0.25, -0.2) is 13.5 Å². The standard InChI is InChI=1S/C16H15F2N3OS/c17-12-6-11(7-13(18)8-12)10-19-16-9-14(15-2-1-5-23-15)20-21(16)3-4-22/h1-2,5-9,19,22H,3-4,10H2. The fourth-order valence-electron chi connectivity index (χ4n) is 2.27. The topological polar surface area (TPSA) is 50.1 Å². The summed E-state index contributed by atoms with van der Waals surface area (Å²) in [5.41, 5.74) is 1.29. The van der Waals surface area contributed by atoms with Crippen LogP contribution in [0.3, 0.4) is 0 Å². The van der Waals surface area contributed by atoms with Gasteiger partial charge in [-0.15, -0.1) is 11.3 Å². The molecule has 0 atom stereocenters. The molecule has 0 fully saturated rings. The number of aromatic nitrogens is 2. The van der Waals surface area contributed by atoms with Gasteiger partial charge in [0.25, 0.3) is 0 Å². The first-order chi connectivity index (χ1) is 11.2. The lowest BCUT2D eigenvalue weighted by Gasteiger charge is -2.09. The van der Waals surface area contributed by atoms with Crippen LogP contribution in [0.15, 0.2) is 41.8 Å².